The zero-order valence-electron chi connectivity index (χ0n) is 16.5. The molecule has 0 unspecified atom stereocenters. The van der Waals surface area contributed by atoms with Gasteiger partial charge < -0.3 is 24.3 Å². The summed E-state index contributed by atoms with van der Waals surface area (Å²) in [6.45, 7) is 2.20. The Bertz CT molecular complexity index is 933. The van der Waals surface area contributed by atoms with Crippen LogP contribution in [0, 0.1) is 0 Å². The van der Waals surface area contributed by atoms with Crippen molar-refractivity contribution >= 4 is 5.91 Å². The number of nitrogens with zero attached hydrogens (tertiary/aromatic N) is 1. The summed E-state index contributed by atoms with van der Waals surface area (Å²) in [6.07, 6.45) is 0.397. The number of aliphatic hydroxyl groups excluding tert-OH is 1. The van der Waals surface area contributed by atoms with E-state index in [9.17, 15) is 4.79 Å². The molecule has 1 amide bonds. The van der Waals surface area contributed by atoms with Crippen molar-refractivity contribution in [1.82, 2.24) is 10.3 Å². The SMILES string of the molecule is CCC(=O)NCc1nc(-c2ccc(OC)cc2)c(-c2ccc(OCCO)cc2)o1. The molecule has 3 rings (SSSR count). The van der Waals surface area contributed by atoms with Crippen LogP contribution in [-0.4, -0.2) is 36.3 Å². The molecule has 0 radical (unpaired) electrons. The van der Waals surface area contributed by atoms with E-state index in [0.717, 1.165) is 16.9 Å². The van der Waals surface area contributed by atoms with Crippen LogP contribution >= 0.6 is 0 Å². The predicted octanol–water partition coefficient (Wildman–Crippen LogP) is 3.41. The van der Waals surface area contributed by atoms with E-state index in [4.69, 9.17) is 19.0 Å². The molecule has 0 atom stereocenters. The molecule has 0 fully saturated rings. The molecule has 0 aliphatic rings. The van der Waals surface area contributed by atoms with Crippen molar-refractivity contribution in [1.29, 1.82) is 0 Å². The lowest BCUT2D eigenvalue weighted by molar-refractivity contribution is -0.121. The monoisotopic (exact) mass is 396 g/mol. The summed E-state index contributed by atoms with van der Waals surface area (Å²) in [5.41, 5.74) is 2.38. The van der Waals surface area contributed by atoms with Gasteiger partial charge in [0, 0.05) is 17.5 Å². The smallest absolute Gasteiger partial charge is 0.220 e. The van der Waals surface area contributed by atoms with Crippen LogP contribution in [0.15, 0.2) is 52.9 Å². The van der Waals surface area contributed by atoms with Crippen LogP contribution in [0.1, 0.15) is 19.2 Å². The Morgan fingerprint density at radius 2 is 1.72 bits per heavy atom. The van der Waals surface area contributed by atoms with E-state index in [0.29, 0.717) is 29.5 Å². The molecular weight excluding hydrogens is 372 g/mol. The predicted molar refractivity (Wildman–Crippen MR) is 109 cm³/mol. The third-order valence-corrected chi connectivity index (χ3v) is 4.27. The van der Waals surface area contributed by atoms with Gasteiger partial charge in [-0.3, -0.25) is 4.79 Å². The van der Waals surface area contributed by atoms with Crippen molar-refractivity contribution in [3.63, 3.8) is 0 Å². The molecule has 0 spiro atoms. The van der Waals surface area contributed by atoms with E-state index >= 15 is 0 Å². The van der Waals surface area contributed by atoms with E-state index in [2.05, 4.69) is 10.3 Å². The van der Waals surface area contributed by atoms with Gasteiger partial charge in [-0.25, -0.2) is 4.98 Å². The van der Waals surface area contributed by atoms with Crippen molar-refractivity contribution in [3.05, 3.63) is 54.4 Å². The van der Waals surface area contributed by atoms with Crippen LogP contribution in [0.2, 0.25) is 0 Å². The molecule has 7 heteroatoms. The van der Waals surface area contributed by atoms with Crippen molar-refractivity contribution < 1.29 is 23.8 Å². The molecule has 0 saturated carbocycles. The normalized spacial score (nSPS) is 10.6. The molecule has 0 aliphatic heterocycles. The van der Waals surface area contributed by atoms with Gasteiger partial charge in [0.15, 0.2) is 5.76 Å². The lowest BCUT2D eigenvalue weighted by Gasteiger charge is -2.06. The topological polar surface area (TPSA) is 93.8 Å². The number of amides is 1. The van der Waals surface area contributed by atoms with E-state index < -0.39 is 0 Å². The molecule has 2 aromatic carbocycles. The molecule has 0 bridgehead atoms. The first-order valence-electron chi connectivity index (χ1n) is 9.39. The maximum Gasteiger partial charge on any atom is 0.220 e. The van der Waals surface area contributed by atoms with Crippen LogP contribution in [0.3, 0.4) is 0 Å². The van der Waals surface area contributed by atoms with Crippen LogP contribution in [-0.2, 0) is 11.3 Å². The first-order valence-corrected chi connectivity index (χ1v) is 9.39. The van der Waals surface area contributed by atoms with Gasteiger partial charge in [-0.15, -0.1) is 0 Å². The van der Waals surface area contributed by atoms with Crippen molar-refractivity contribution in [2.75, 3.05) is 20.3 Å². The summed E-state index contributed by atoms with van der Waals surface area (Å²) in [7, 11) is 1.62. The number of methoxy groups -OCH3 is 1. The minimum Gasteiger partial charge on any atom is -0.497 e. The molecule has 3 aromatic rings. The molecule has 0 aliphatic carbocycles. The summed E-state index contributed by atoms with van der Waals surface area (Å²) in [5.74, 6) is 2.36. The third-order valence-electron chi connectivity index (χ3n) is 4.27. The molecule has 1 heterocycles. The van der Waals surface area contributed by atoms with Gasteiger partial charge in [0.05, 0.1) is 20.3 Å². The minimum atomic E-state index is -0.0684. The van der Waals surface area contributed by atoms with Gasteiger partial charge in [-0.2, -0.15) is 0 Å². The minimum absolute atomic E-state index is 0.0433. The Hall–Kier alpha value is -3.32. The van der Waals surface area contributed by atoms with Crippen LogP contribution in [0.5, 0.6) is 11.5 Å². The second-order valence-electron chi connectivity index (χ2n) is 6.24. The fourth-order valence-corrected chi connectivity index (χ4v) is 2.75. The first-order chi connectivity index (χ1) is 14.1. The lowest BCUT2D eigenvalue weighted by atomic mass is 10.1. The number of aliphatic hydroxyl groups is 1. The Kier molecular flexibility index (Phi) is 6.86. The highest BCUT2D eigenvalue weighted by Gasteiger charge is 2.17. The number of benzene rings is 2. The highest BCUT2D eigenvalue weighted by molar-refractivity contribution is 5.78. The van der Waals surface area contributed by atoms with E-state index in [1.54, 1.807) is 14.0 Å². The van der Waals surface area contributed by atoms with Crippen LogP contribution in [0.4, 0.5) is 0 Å². The number of hydrogen-bond acceptors (Lipinski definition) is 6. The van der Waals surface area contributed by atoms with Crippen molar-refractivity contribution in [2.45, 2.75) is 19.9 Å². The van der Waals surface area contributed by atoms with Gasteiger partial charge in [0.25, 0.3) is 0 Å². The third kappa shape index (κ3) is 5.14. The summed E-state index contributed by atoms with van der Waals surface area (Å²) < 4.78 is 16.6. The van der Waals surface area contributed by atoms with Gasteiger partial charge in [-0.1, -0.05) is 6.92 Å². The summed E-state index contributed by atoms with van der Waals surface area (Å²) >= 11 is 0. The fourth-order valence-electron chi connectivity index (χ4n) is 2.75. The Balaban J connectivity index is 1.94. The lowest BCUT2D eigenvalue weighted by Crippen LogP contribution is -2.21. The quantitative estimate of drug-likeness (QED) is 0.576. The van der Waals surface area contributed by atoms with Crippen molar-refractivity contribution in [2.24, 2.45) is 0 Å². The fraction of sp³-hybridized carbons (Fsp3) is 0.273. The highest BCUT2D eigenvalue weighted by atomic mass is 16.5. The molecule has 29 heavy (non-hydrogen) atoms. The Morgan fingerprint density at radius 1 is 1.07 bits per heavy atom. The highest BCUT2D eigenvalue weighted by Crippen LogP contribution is 2.34. The largest absolute Gasteiger partial charge is 0.497 e. The maximum absolute atomic E-state index is 11.6. The average Bonchev–Trinajstić information content (AvgIpc) is 3.20. The molecule has 2 N–H and O–H groups in total. The molecular formula is C22H24N2O5. The Labute approximate surface area is 169 Å². The molecule has 0 saturated heterocycles. The van der Waals surface area contributed by atoms with E-state index in [1.165, 1.54) is 0 Å². The number of oxazole rings is 1. The number of nitrogens with one attached hydrogen (secondary N) is 1. The average molecular weight is 396 g/mol. The molecule has 152 valence electrons. The Morgan fingerprint density at radius 3 is 2.34 bits per heavy atom. The first kappa shape index (κ1) is 20.4. The van der Waals surface area contributed by atoms with Crippen molar-refractivity contribution in [3.8, 4) is 34.1 Å². The van der Waals surface area contributed by atoms with E-state index in [1.807, 2.05) is 48.5 Å². The molecule has 7 nitrogen and oxygen atoms in total. The number of ether oxygens (including phenoxy) is 2. The molecule has 1 aromatic heterocycles. The summed E-state index contributed by atoms with van der Waals surface area (Å²) in [6, 6.07) is 14.9. The maximum atomic E-state index is 11.6. The van der Waals surface area contributed by atoms with Gasteiger partial charge in [0.2, 0.25) is 11.8 Å². The zero-order valence-corrected chi connectivity index (χ0v) is 16.5. The second-order valence-corrected chi connectivity index (χ2v) is 6.24. The van der Waals surface area contributed by atoms with E-state index in [-0.39, 0.29) is 25.7 Å². The zero-order chi connectivity index (χ0) is 20.6. The number of hydrogen-bond donors (Lipinski definition) is 2. The number of carbonyl (C=O) groups is 1. The van der Waals surface area contributed by atoms with Gasteiger partial charge in [0.1, 0.15) is 23.8 Å². The number of carbonyl (C=O) groups excluding carboxylic acids is 1. The summed E-state index contributed by atoms with van der Waals surface area (Å²) in [4.78, 5) is 16.2. The number of aromatic nitrogens is 1. The summed E-state index contributed by atoms with van der Waals surface area (Å²) in [5, 5.41) is 11.7. The van der Waals surface area contributed by atoms with Crippen LogP contribution in [0.25, 0.3) is 22.6 Å². The standard InChI is InChI=1S/C22H24N2O5/c1-3-19(26)23-14-20-24-21(15-4-8-17(27-2)9-5-15)22(29-20)16-6-10-18(11-7-16)28-13-12-25/h4-11,25H,3,12-14H2,1-2H3,(H,23,26). The van der Waals surface area contributed by atoms with Gasteiger partial charge >= 0.3 is 0 Å². The van der Waals surface area contributed by atoms with Gasteiger partial charge in [-0.05, 0) is 48.5 Å². The van der Waals surface area contributed by atoms with Crippen LogP contribution < -0.4 is 14.8 Å². The second kappa shape index (κ2) is 9.75. The number of rotatable bonds is 9.